The summed E-state index contributed by atoms with van der Waals surface area (Å²) in [5.74, 6) is 2.37. The van der Waals surface area contributed by atoms with Gasteiger partial charge in [0.05, 0.1) is 13.2 Å². The molecule has 162 valence electrons. The van der Waals surface area contributed by atoms with Crippen LogP contribution in [0.4, 0.5) is 11.5 Å². The van der Waals surface area contributed by atoms with Crippen LogP contribution in [-0.2, 0) is 11.2 Å². The fraction of sp³-hybridized carbons (Fsp3) is 0.560. The topological polar surface area (TPSA) is 48.6 Å². The van der Waals surface area contributed by atoms with Gasteiger partial charge in [-0.05, 0) is 43.1 Å². The number of ether oxygens (including phenoxy) is 1. The summed E-state index contributed by atoms with van der Waals surface area (Å²) in [4.78, 5) is 20.5. The highest BCUT2D eigenvalue weighted by atomic mass is 16.5. The summed E-state index contributed by atoms with van der Waals surface area (Å²) in [6, 6.07) is 15.1. The van der Waals surface area contributed by atoms with Crippen molar-refractivity contribution in [3.8, 4) is 0 Å². The van der Waals surface area contributed by atoms with Crippen molar-refractivity contribution in [1.29, 1.82) is 0 Å². The summed E-state index contributed by atoms with van der Waals surface area (Å²) >= 11 is 0. The molecule has 0 amide bonds. The van der Waals surface area contributed by atoms with E-state index < -0.39 is 0 Å². The molecule has 2 aliphatic rings. The summed E-state index contributed by atoms with van der Waals surface area (Å²) in [6.45, 7) is 8.81. The van der Waals surface area contributed by atoms with Crippen LogP contribution in [0.2, 0.25) is 0 Å². The molecule has 0 saturated carbocycles. The van der Waals surface area contributed by atoms with Crippen molar-refractivity contribution in [3.05, 3.63) is 58.4 Å². The Morgan fingerprint density at radius 3 is 2.60 bits per heavy atom. The van der Waals surface area contributed by atoms with Gasteiger partial charge in [-0.2, -0.15) is 0 Å². The highest BCUT2D eigenvalue weighted by Crippen LogP contribution is 2.33. The first-order valence-corrected chi connectivity index (χ1v) is 11.5. The number of nitrogens with zero attached hydrogens (tertiary/aromatic N) is 2. The third kappa shape index (κ3) is 5.07. The fourth-order valence-electron chi connectivity index (χ4n) is 4.98. The first-order chi connectivity index (χ1) is 14.6. The fourth-order valence-corrected chi connectivity index (χ4v) is 4.98. The lowest BCUT2D eigenvalue weighted by Crippen LogP contribution is -2.40. The number of aromatic nitrogens is 1. The van der Waals surface area contributed by atoms with Crippen molar-refractivity contribution < 1.29 is 4.74 Å². The zero-order valence-electron chi connectivity index (χ0n) is 18.3. The molecule has 0 radical (unpaired) electrons. The quantitative estimate of drug-likeness (QED) is 0.808. The minimum atomic E-state index is -0.0166. The van der Waals surface area contributed by atoms with Gasteiger partial charge < -0.3 is 19.5 Å². The van der Waals surface area contributed by atoms with Gasteiger partial charge in [0.25, 0.3) is 5.56 Å². The Bertz CT molecular complexity index is 858. The van der Waals surface area contributed by atoms with E-state index in [2.05, 4.69) is 65.0 Å². The second kappa shape index (κ2) is 9.69. The first kappa shape index (κ1) is 21.0. The van der Waals surface area contributed by atoms with E-state index in [-0.39, 0.29) is 5.56 Å². The minimum Gasteiger partial charge on any atom is -0.378 e. The maximum atomic E-state index is 12.6. The van der Waals surface area contributed by atoms with Crippen molar-refractivity contribution in [2.45, 2.75) is 45.6 Å². The van der Waals surface area contributed by atoms with Crippen LogP contribution in [0.1, 0.15) is 38.7 Å². The molecule has 4 rings (SSSR count). The van der Waals surface area contributed by atoms with Crippen LogP contribution in [0.3, 0.4) is 0 Å². The first-order valence-electron chi connectivity index (χ1n) is 11.5. The molecule has 2 saturated heterocycles. The van der Waals surface area contributed by atoms with Crippen molar-refractivity contribution in [2.24, 2.45) is 11.8 Å². The summed E-state index contributed by atoms with van der Waals surface area (Å²) in [7, 11) is 0. The van der Waals surface area contributed by atoms with Crippen LogP contribution in [0, 0.1) is 11.8 Å². The van der Waals surface area contributed by atoms with E-state index in [1.165, 1.54) is 12.0 Å². The molecule has 0 spiro atoms. The Kier molecular flexibility index (Phi) is 6.78. The van der Waals surface area contributed by atoms with Crippen LogP contribution < -0.4 is 15.4 Å². The molecule has 1 N–H and O–H groups in total. The van der Waals surface area contributed by atoms with E-state index >= 15 is 0 Å². The number of H-pyrrole nitrogens is 1. The van der Waals surface area contributed by atoms with Gasteiger partial charge in [-0.25, -0.2) is 0 Å². The number of hydrogen-bond acceptors (Lipinski definition) is 4. The van der Waals surface area contributed by atoms with E-state index in [4.69, 9.17) is 4.74 Å². The van der Waals surface area contributed by atoms with Gasteiger partial charge in [0.1, 0.15) is 5.82 Å². The molecule has 0 aliphatic carbocycles. The highest BCUT2D eigenvalue weighted by Gasteiger charge is 2.29. The van der Waals surface area contributed by atoms with Gasteiger partial charge in [0.15, 0.2) is 0 Å². The Morgan fingerprint density at radius 2 is 1.87 bits per heavy atom. The summed E-state index contributed by atoms with van der Waals surface area (Å²) in [6.07, 6.45) is 4.59. The van der Waals surface area contributed by atoms with Gasteiger partial charge in [-0.3, -0.25) is 4.79 Å². The Hall–Kier alpha value is -2.27. The normalized spacial score (nSPS) is 22.9. The third-order valence-electron chi connectivity index (χ3n) is 6.75. The monoisotopic (exact) mass is 409 g/mol. The second-order valence-corrected chi connectivity index (χ2v) is 9.11. The number of aromatic amines is 1. The Labute approximate surface area is 180 Å². The zero-order valence-corrected chi connectivity index (χ0v) is 18.3. The molecule has 5 heteroatoms. The van der Waals surface area contributed by atoms with Crippen molar-refractivity contribution in [3.63, 3.8) is 0 Å². The van der Waals surface area contributed by atoms with Crippen LogP contribution in [-0.4, -0.2) is 43.9 Å². The molecule has 30 heavy (non-hydrogen) atoms. The number of anilines is 2. The van der Waals surface area contributed by atoms with Gasteiger partial charge >= 0.3 is 0 Å². The molecule has 0 bridgehead atoms. The molecule has 2 fully saturated rings. The molecular formula is C25H35N3O2. The van der Waals surface area contributed by atoms with E-state index in [1.54, 1.807) is 6.07 Å². The van der Waals surface area contributed by atoms with Gasteiger partial charge in [0, 0.05) is 43.5 Å². The summed E-state index contributed by atoms with van der Waals surface area (Å²) in [5.41, 5.74) is 2.36. The number of nitrogens with one attached hydrogen (secondary N) is 1. The van der Waals surface area contributed by atoms with Crippen molar-refractivity contribution in [2.75, 3.05) is 42.6 Å². The van der Waals surface area contributed by atoms with Gasteiger partial charge in [-0.15, -0.1) is 0 Å². The summed E-state index contributed by atoms with van der Waals surface area (Å²) in [5, 5.41) is 0. The number of morpholine rings is 1. The molecule has 3 heterocycles. The molecule has 1 aromatic heterocycles. The second-order valence-electron chi connectivity index (χ2n) is 9.11. The van der Waals surface area contributed by atoms with Gasteiger partial charge in [-0.1, -0.05) is 44.2 Å². The predicted octanol–water partition coefficient (Wildman–Crippen LogP) is 4.09. The molecule has 1 unspecified atom stereocenters. The number of hydrogen-bond donors (Lipinski definition) is 1. The van der Waals surface area contributed by atoms with E-state index in [9.17, 15) is 4.79 Å². The SMILES string of the molecule is CC(C)C1CCCN(c2cc(N3CCOCC3)cc(=O)[nH]2)[C@H](Cc2ccccc2)C1. The number of rotatable bonds is 5. The van der Waals surface area contributed by atoms with Crippen LogP contribution in [0.25, 0.3) is 0 Å². The van der Waals surface area contributed by atoms with Crippen LogP contribution >= 0.6 is 0 Å². The number of benzene rings is 1. The van der Waals surface area contributed by atoms with E-state index in [0.29, 0.717) is 12.0 Å². The third-order valence-corrected chi connectivity index (χ3v) is 6.75. The standard InChI is InChI=1S/C25H35N3O2/c1-19(2)21-9-6-10-28(23(16-21)15-20-7-4-3-5-8-20)24-17-22(18-25(29)26-24)27-11-13-30-14-12-27/h3-5,7-8,17-19,21,23H,6,9-16H2,1-2H3,(H,26,29)/t21?,23-/m1/s1. The van der Waals surface area contributed by atoms with E-state index in [0.717, 1.165) is 69.5 Å². The molecule has 1 aromatic carbocycles. The molecule has 2 atom stereocenters. The van der Waals surface area contributed by atoms with E-state index in [1.807, 2.05) is 0 Å². The highest BCUT2D eigenvalue weighted by molar-refractivity contribution is 5.56. The zero-order chi connectivity index (χ0) is 20.9. The predicted molar refractivity (Wildman–Crippen MR) is 124 cm³/mol. The van der Waals surface area contributed by atoms with Crippen molar-refractivity contribution >= 4 is 11.5 Å². The Morgan fingerprint density at radius 1 is 1.10 bits per heavy atom. The lowest BCUT2D eigenvalue weighted by molar-refractivity contribution is 0.122. The smallest absolute Gasteiger partial charge is 0.251 e. The van der Waals surface area contributed by atoms with Crippen molar-refractivity contribution in [1.82, 2.24) is 4.98 Å². The minimum absolute atomic E-state index is 0.0166. The molecule has 2 aromatic rings. The molecule has 2 aliphatic heterocycles. The largest absolute Gasteiger partial charge is 0.378 e. The van der Waals surface area contributed by atoms with Gasteiger partial charge in [0.2, 0.25) is 0 Å². The average Bonchev–Trinajstić information content (AvgIpc) is 2.97. The Balaban J connectivity index is 1.65. The van der Waals surface area contributed by atoms with Crippen LogP contribution in [0.15, 0.2) is 47.3 Å². The van der Waals surface area contributed by atoms with Crippen LogP contribution in [0.5, 0.6) is 0 Å². The summed E-state index contributed by atoms with van der Waals surface area (Å²) < 4.78 is 5.49. The maximum absolute atomic E-state index is 12.6. The average molecular weight is 410 g/mol. The number of pyridine rings is 1. The lowest BCUT2D eigenvalue weighted by Gasteiger charge is -2.35. The maximum Gasteiger partial charge on any atom is 0.251 e. The molecule has 5 nitrogen and oxygen atoms in total. The molecular weight excluding hydrogens is 374 g/mol. The lowest BCUT2D eigenvalue weighted by atomic mass is 9.85.